The van der Waals surface area contributed by atoms with Crippen molar-refractivity contribution in [2.45, 2.75) is 19.0 Å². The number of hydrogen-bond acceptors (Lipinski definition) is 6. The van der Waals surface area contributed by atoms with Crippen molar-refractivity contribution in [3.8, 4) is 17.2 Å². The normalized spacial score (nSPS) is 11.2. The highest BCUT2D eigenvalue weighted by Gasteiger charge is 2.38. The van der Waals surface area contributed by atoms with Gasteiger partial charge in [-0.2, -0.15) is 13.2 Å². The maximum atomic E-state index is 15.1. The number of H-pyrrole nitrogens is 1. The van der Waals surface area contributed by atoms with Crippen LogP contribution in [-0.2, 0) is 11.2 Å². The Kier molecular flexibility index (Phi) is 10.7. The van der Waals surface area contributed by atoms with Gasteiger partial charge in [-0.1, -0.05) is 0 Å². The number of aliphatic carboxylic acids is 1. The number of benzene rings is 2. The molecule has 2 aromatic carbocycles. The third-order valence-corrected chi connectivity index (χ3v) is 6.62. The SMILES string of the molecule is CN(C)CCCc1c[nH]c2nccc(Oc3ccc(NC(=O)c4cccn(-c5ccc(F)cc5)c4=O)cc3F)c12.O=C(O)C(F)(F)F. The fraction of sp³-hybridized carbons (Fsp3) is 0.188. The molecule has 3 N–H and O–H groups in total. The lowest BCUT2D eigenvalue weighted by atomic mass is 10.1. The van der Waals surface area contributed by atoms with Gasteiger partial charge in [0, 0.05) is 36.0 Å². The number of carbonyl (C=O) groups is 2. The van der Waals surface area contributed by atoms with Crippen LogP contribution in [0.1, 0.15) is 22.3 Å². The number of aromatic amines is 1. The molecule has 0 radical (unpaired) electrons. The number of pyridine rings is 2. The van der Waals surface area contributed by atoms with Gasteiger partial charge in [0.2, 0.25) is 0 Å². The number of anilines is 1. The number of rotatable bonds is 9. The van der Waals surface area contributed by atoms with E-state index in [-0.39, 0.29) is 17.0 Å². The number of carbonyl (C=O) groups excluding carboxylic acids is 1. The predicted octanol–water partition coefficient (Wildman–Crippen LogP) is 6.16. The van der Waals surface area contributed by atoms with Crippen LogP contribution in [0.2, 0.25) is 0 Å². The minimum Gasteiger partial charge on any atom is -0.475 e. The molecule has 0 saturated carbocycles. The summed E-state index contributed by atoms with van der Waals surface area (Å²) in [4.78, 5) is 44.3. The van der Waals surface area contributed by atoms with Gasteiger partial charge in [-0.15, -0.1) is 0 Å². The molecule has 15 heteroatoms. The van der Waals surface area contributed by atoms with E-state index in [1.807, 2.05) is 20.3 Å². The van der Waals surface area contributed by atoms with E-state index in [0.29, 0.717) is 17.1 Å². The van der Waals surface area contributed by atoms with E-state index in [2.05, 4.69) is 20.2 Å². The molecule has 0 aliphatic carbocycles. The third kappa shape index (κ3) is 8.79. The first-order valence-corrected chi connectivity index (χ1v) is 13.9. The van der Waals surface area contributed by atoms with Crippen LogP contribution in [0.5, 0.6) is 11.5 Å². The lowest BCUT2D eigenvalue weighted by Gasteiger charge is -2.12. The largest absolute Gasteiger partial charge is 0.490 e. The zero-order valence-electron chi connectivity index (χ0n) is 24.9. The van der Waals surface area contributed by atoms with Crippen LogP contribution >= 0.6 is 0 Å². The lowest BCUT2D eigenvalue weighted by Crippen LogP contribution is -2.27. The number of ether oxygens (including phenoxy) is 1. The van der Waals surface area contributed by atoms with Crippen LogP contribution in [0.25, 0.3) is 16.7 Å². The van der Waals surface area contributed by atoms with Gasteiger partial charge in [0.15, 0.2) is 11.6 Å². The van der Waals surface area contributed by atoms with E-state index >= 15 is 4.39 Å². The van der Waals surface area contributed by atoms with Crippen molar-refractivity contribution in [3.63, 3.8) is 0 Å². The average molecular weight is 658 g/mol. The summed E-state index contributed by atoms with van der Waals surface area (Å²) >= 11 is 0. The number of halogens is 5. The summed E-state index contributed by atoms with van der Waals surface area (Å²) in [6.07, 6.45) is 1.61. The molecule has 0 saturated heterocycles. The highest BCUT2D eigenvalue weighted by molar-refractivity contribution is 6.04. The minimum absolute atomic E-state index is 0.0238. The number of nitrogens with one attached hydrogen (secondary N) is 2. The van der Waals surface area contributed by atoms with Gasteiger partial charge in [0.1, 0.15) is 22.8 Å². The van der Waals surface area contributed by atoms with Gasteiger partial charge in [-0.05, 0) is 93.6 Å². The maximum Gasteiger partial charge on any atom is 0.490 e. The molecule has 0 aliphatic heterocycles. The molecule has 246 valence electrons. The molecule has 0 spiro atoms. The highest BCUT2D eigenvalue weighted by atomic mass is 19.4. The minimum atomic E-state index is -5.08. The molecule has 0 fully saturated rings. The Morgan fingerprint density at radius 2 is 1.74 bits per heavy atom. The standard InChI is InChI=1S/C30H27F2N5O3.C2HF3O2/c1-36(2)15-3-5-19-18-34-28-27(19)26(13-14-33-28)40-25-12-9-21(17-24(25)32)35-29(38)23-6-4-16-37(30(23)39)22-10-7-20(31)8-11-22;3-2(4,5)1(6)7/h4,6-14,16-18H,3,5,15H2,1-2H3,(H,33,34)(H,35,38);(H,6,7). The molecule has 3 aromatic heterocycles. The summed E-state index contributed by atoms with van der Waals surface area (Å²) < 4.78 is 67.3. The first-order chi connectivity index (χ1) is 22.2. The number of hydrogen-bond donors (Lipinski definition) is 3. The lowest BCUT2D eigenvalue weighted by molar-refractivity contribution is -0.192. The second-order valence-corrected chi connectivity index (χ2v) is 10.3. The molecule has 3 heterocycles. The molecule has 5 aromatic rings. The Morgan fingerprint density at radius 1 is 1.04 bits per heavy atom. The van der Waals surface area contributed by atoms with Crippen molar-refractivity contribution < 1.29 is 41.4 Å². The zero-order chi connectivity index (χ0) is 34.3. The monoisotopic (exact) mass is 657 g/mol. The molecule has 0 bridgehead atoms. The predicted molar refractivity (Wildman–Crippen MR) is 163 cm³/mol. The van der Waals surface area contributed by atoms with Crippen molar-refractivity contribution in [2.24, 2.45) is 0 Å². The molecule has 0 atom stereocenters. The number of amides is 1. The molecule has 0 unspecified atom stereocenters. The number of alkyl halides is 3. The van der Waals surface area contributed by atoms with E-state index in [0.717, 1.165) is 36.4 Å². The Bertz CT molecular complexity index is 1940. The van der Waals surface area contributed by atoms with Crippen LogP contribution in [0, 0.1) is 11.6 Å². The van der Waals surface area contributed by atoms with Crippen LogP contribution < -0.4 is 15.6 Å². The Balaban J connectivity index is 0.000000644. The number of carboxylic acids is 1. The van der Waals surface area contributed by atoms with Crippen LogP contribution in [0.3, 0.4) is 0 Å². The van der Waals surface area contributed by atoms with Gasteiger partial charge >= 0.3 is 12.1 Å². The quantitative estimate of drug-likeness (QED) is 0.162. The average Bonchev–Trinajstić information content (AvgIpc) is 3.42. The zero-order valence-corrected chi connectivity index (χ0v) is 24.9. The fourth-order valence-electron chi connectivity index (χ4n) is 4.41. The fourth-order valence-corrected chi connectivity index (χ4v) is 4.41. The van der Waals surface area contributed by atoms with Crippen molar-refractivity contribution in [1.82, 2.24) is 19.4 Å². The summed E-state index contributed by atoms with van der Waals surface area (Å²) in [5.74, 6) is -4.16. The van der Waals surface area contributed by atoms with Crippen molar-refractivity contribution in [2.75, 3.05) is 26.0 Å². The van der Waals surface area contributed by atoms with Crippen molar-refractivity contribution in [1.29, 1.82) is 0 Å². The second-order valence-electron chi connectivity index (χ2n) is 10.3. The van der Waals surface area contributed by atoms with Crippen LogP contribution in [0.15, 0.2) is 84.0 Å². The Morgan fingerprint density at radius 3 is 2.38 bits per heavy atom. The number of fused-ring (bicyclic) bond motifs is 1. The molecule has 1 amide bonds. The topological polar surface area (TPSA) is 130 Å². The molecule has 10 nitrogen and oxygen atoms in total. The number of aryl methyl sites for hydroxylation is 1. The summed E-state index contributed by atoms with van der Waals surface area (Å²) in [6.45, 7) is 0.925. The molecule has 5 rings (SSSR count). The summed E-state index contributed by atoms with van der Waals surface area (Å²) in [7, 11) is 4.04. The van der Waals surface area contributed by atoms with Gasteiger partial charge in [-0.25, -0.2) is 18.6 Å². The number of carboxylic acid groups (broad SMARTS) is 1. The van der Waals surface area contributed by atoms with Crippen molar-refractivity contribution in [3.05, 3.63) is 112 Å². The Hall–Kier alpha value is -5.57. The number of nitrogens with zero attached hydrogens (tertiary/aromatic N) is 3. The first-order valence-electron chi connectivity index (χ1n) is 13.9. The molecular weight excluding hydrogens is 629 g/mol. The van der Waals surface area contributed by atoms with Gasteiger partial charge in [0.25, 0.3) is 11.5 Å². The second kappa shape index (κ2) is 14.7. The van der Waals surface area contributed by atoms with Gasteiger partial charge in [-0.3, -0.25) is 14.2 Å². The van der Waals surface area contributed by atoms with Crippen molar-refractivity contribution >= 4 is 28.6 Å². The summed E-state index contributed by atoms with van der Waals surface area (Å²) in [6, 6.07) is 13.9. The van der Waals surface area contributed by atoms with E-state index in [9.17, 15) is 27.2 Å². The summed E-state index contributed by atoms with van der Waals surface area (Å²) in [5.41, 5.74) is 1.48. The van der Waals surface area contributed by atoms with Gasteiger partial charge < -0.3 is 25.0 Å². The van der Waals surface area contributed by atoms with E-state index in [4.69, 9.17) is 14.6 Å². The maximum absolute atomic E-state index is 15.1. The van der Waals surface area contributed by atoms with E-state index in [1.54, 1.807) is 12.3 Å². The molecule has 47 heavy (non-hydrogen) atoms. The first kappa shape index (κ1) is 34.3. The Labute approximate surface area is 264 Å². The third-order valence-electron chi connectivity index (χ3n) is 6.62. The highest BCUT2D eigenvalue weighted by Crippen LogP contribution is 2.33. The number of aromatic nitrogens is 3. The van der Waals surface area contributed by atoms with Crippen LogP contribution in [-0.4, -0.2) is 63.2 Å². The van der Waals surface area contributed by atoms with Crippen LogP contribution in [0.4, 0.5) is 27.6 Å². The smallest absolute Gasteiger partial charge is 0.475 e. The summed E-state index contributed by atoms with van der Waals surface area (Å²) in [5, 5.41) is 10.5. The molecular formula is C32H28F5N5O5. The van der Waals surface area contributed by atoms with E-state index in [1.165, 1.54) is 59.3 Å². The molecule has 0 aliphatic rings. The van der Waals surface area contributed by atoms with Gasteiger partial charge in [0.05, 0.1) is 5.39 Å². The van der Waals surface area contributed by atoms with E-state index < -0.39 is 35.2 Å².